The predicted octanol–water partition coefficient (Wildman–Crippen LogP) is 1.50. The fourth-order valence-corrected chi connectivity index (χ4v) is 1.23. The molecular weight excluding hydrogens is 278 g/mol. The number of hydrogen-bond donors (Lipinski definition) is 1. The summed E-state index contributed by atoms with van der Waals surface area (Å²) in [5.41, 5.74) is -0.609. The van der Waals surface area contributed by atoms with Crippen LogP contribution in [0.5, 0.6) is 0 Å². The lowest BCUT2D eigenvalue weighted by molar-refractivity contribution is -0.147. The molecule has 0 fully saturated rings. The Hall–Kier alpha value is -1.34. The van der Waals surface area contributed by atoms with E-state index in [1.165, 1.54) is 6.92 Å². The second-order valence-corrected chi connectivity index (χ2v) is 5.34. The van der Waals surface area contributed by atoms with Gasteiger partial charge in [0.25, 0.3) is 0 Å². The van der Waals surface area contributed by atoms with Crippen LogP contribution < -0.4 is 5.32 Å². The van der Waals surface area contributed by atoms with Crippen LogP contribution in [-0.4, -0.2) is 56.7 Å². The Morgan fingerprint density at radius 3 is 2.19 bits per heavy atom. The molecule has 0 saturated heterocycles. The molecule has 7 heteroatoms. The van der Waals surface area contributed by atoms with Crippen molar-refractivity contribution < 1.29 is 28.5 Å². The molecule has 0 aliphatic carbocycles. The standard InChI is InChI=1S/C14H27NO6/c1-6-18-7-8-19-9-10-20-12(16)11(2)15-13(17)21-14(3,4)5/h11H,6-10H2,1-5H3,(H,15,17). The third kappa shape index (κ3) is 12.1. The molecule has 0 spiro atoms. The zero-order chi connectivity index (χ0) is 16.3. The number of ether oxygens (including phenoxy) is 4. The number of hydrogen-bond acceptors (Lipinski definition) is 6. The maximum Gasteiger partial charge on any atom is 0.408 e. The lowest BCUT2D eigenvalue weighted by Crippen LogP contribution is -2.42. The average molecular weight is 305 g/mol. The Balaban J connectivity index is 3.73. The van der Waals surface area contributed by atoms with E-state index in [9.17, 15) is 9.59 Å². The lowest BCUT2D eigenvalue weighted by Gasteiger charge is -2.21. The number of nitrogens with one attached hydrogen (secondary N) is 1. The van der Waals surface area contributed by atoms with Gasteiger partial charge in [0, 0.05) is 6.61 Å². The largest absolute Gasteiger partial charge is 0.462 e. The third-order valence-corrected chi connectivity index (χ3v) is 2.13. The van der Waals surface area contributed by atoms with Gasteiger partial charge in [-0.2, -0.15) is 0 Å². The Kier molecular flexibility index (Phi) is 9.73. The summed E-state index contributed by atoms with van der Waals surface area (Å²) in [5, 5.41) is 2.41. The van der Waals surface area contributed by atoms with Crippen LogP contribution in [-0.2, 0) is 23.7 Å². The van der Waals surface area contributed by atoms with Gasteiger partial charge in [0.15, 0.2) is 0 Å². The van der Waals surface area contributed by atoms with Crippen molar-refractivity contribution in [3.63, 3.8) is 0 Å². The van der Waals surface area contributed by atoms with Gasteiger partial charge in [-0.05, 0) is 34.6 Å². The summed E-state index contributed by atoms with van der Waals surface area (Å²) in [6, 6.07) is -0.775. The van der Waals surface area contributed by atoms with Crippen molar-refractivity contribution in [3.8, 4) is 0 Å². The number of alkyl carbamates (subject to hydrolysis) is 1. The zero-order valence-electron chi connectivity index (χ0n) is 13.6. The number of esters is 1. The highest BCUT2D eigenvalue weighted by Crippen LogP contribution is 2.06. The summed E-state index contributed by atoms with van der Waals surface area (Å²) in [4.78, 5) is 23.1. The number of amides is 1. The molecule has 1 unspecified atom stereocenters. The summed E-state index contributed by atoms with van der Waals surface area (Å²) >= 11 is 0. The van der Waals surface area contributed by atoms with Crippen LogP contribution in [0.25, 0.3) is 0 Å². The van der Waals surface area contributed by atoms with Gasteiger partial charge in [0.1, 0.15) is 18.2 Å². The maximum atomic E-state index is 11.6. The molecule has 0 aromatic heterocycles. The van der Waals surface area contributed by atoms with Crippen molar-refractivity contribution in [1.29, 1.82) is 0 Å². The van der Waals surface area contributed by atoms with E-state index < -0.39 is 23.7 Å². The molecule has 21 heavy (non-hydrogen) atoms. The summed E-state index contributed by atoms with van der Waals surface area (Å²) in [6.07, 6.45) is -0.653. The van der Waals surface area contributed by atoms with Crippen LogP contribution in [0.15, 0.2) is 0 Å². The molecule has 0 heterocycles. The van der Waals surface area contributed by atoms with Gasteiger partial charge in [0.2, 0.25) is 0 Å². The maximum absolute atomic E-state index is 11.6. The highest BCUT2D eigenvalue weighted by Gasteiger charge is 2.21. The number of carbonyl (C=O) groups excluding carboxylic acids is 2. The Labute approximate surface area is 126 Å². The molecule has 0 rings (SSSR count). The predicted molar refractivity (Wildman–Crippen MR) is 77.1 cm³/mol. The van der Waals surface area contributed by atoms with Crippen LogP contribution >= 0.6 is 0 Å². The topological polar surface area (TPSA) is 83.1 Å². The van der Waals surface area contributed by atoms with Crippen molar-refractivity contribution in [1.82, 2.24) is 5.32 Å². The van der Waals surface area contributed by atoms with E-state index >= 15 is 0 Å². The van der Waals surface area contributed by atoms with E-state index in [1.807, 2.05) is 6.92 Å². The minimum absolute atomic E-state index is 0.130. The van der Waals surface area contributed by atoms with Crippen molar-refractivity contribution in [3.05, 3.63) is 0 Å². The quantitative estimate of drug-likeness (QED) is 0.513. The summed E-state index contributed by atoms with van der Waals surface area (Å²) < 4.78 is 20.3. The SMILES string of the molecule is CCOCCOCCOC(=O)C(C)NC(=O)OC(C)(C)C. The van der Waals surface area contributed by atoms with Crippen molar-refractivity contribution in [2.45, 2.75) is 46.3 Å². The molecule has 0 bridgehead atoms. The molecule has 0 radical (unpaired) electrons. The van der Waals surface area contributed by atoms with Gasteiger partial charge in [-0.25, -0.2) is 9.59 Å². The molecule has 0 aliphatic heterocycles. The molecule has 0 aromatic carbocycles. The van der Waals surface area contributed by atoms with Gasteiger partial charge in [-0.1, -0.05) is 0 Å². The molecule has 1 amide bonds. The number of rotatable bonds is 9. The Morgan fingerprint density at radius 2 is 1.62 bits per heavy atom. The fourth-order valence-electron chi connectivity index (χ4n) is 1.23. The van der Waals surface area contributed by atoms with Crippen LogP contribution in [0.3, 0.4) is 0 Å². The van der Waals surface area contributed by atoms with Crippen molar-refractivity contribution in [2.24, 2.45) is 0 Å². The Bertz CT molecular complexity index is 313. The molecular formula is C14H27NO6. The van der Waals surface area contributed by atoms with E-state index in [4.69, 9.17) is 18.9 Å². The first-order valence-corrected chi connectivity index (χ1v) is 7.08. The first kappa shape index (κ1) is 19.7. The molecule has 0 aliphatic rings. The van der Waals surface area contributed by atoms with Gasteiger partial charge >= 0.3 is 12.1 Å². The van der Waals surface area contributed by atoms with Crippen LogP contribution in [0.4, 0.5) is 4.79 Å². The molecule has 0 saturated carbocycles. The lowest BCUT2D eigenvalue weighted by atomic mass is 10.2. The molecule has 7 nitrogen and oxygen atoms in total. The van der Waals surface area contributed by atoms with Gasteiger partial charge in [0.05, 0.1) is 19.8 Å². The highest BCUT2D eigenvalue weighted by atomic mass is 16.6. The van der Waals surface area contributed by atoms with Gasteiger partial charge in [-0.3, -0.25) is 0 Å². The van der Waals surface area contributed by atoms with E-state index in [-0.39, 0.29) is 13.2 Å². The monoisotopic (exact) mass is 305 g/mol. The molecule has 124 valence electrons. The third-order valence-electron chi connectivity index (χ3n) is 2.13. The first-order chi connectivity index (χ1) is 9.76. The summed E-state index contributed by atoms with van der Waals surface area (Å²) in [6.45, 7) is 10.7. The second-order valence-electron chi connectivity index (χ2n) is 5.34. The van der Waals surface area contributed by atoms with Gasteiger partial charge < -0.3 is 24.3 Å². The van der Waals surface area contributed by atoms with Crippen molar-refractivity contribution in [2.75, 3.05) is 33.0 Å². The fraction of sp³-hybridized carbons (Fsp3) is 0.857. The van der Waals surface area contributed by atoms with E-state index in [1.54, 1.807) is 20.8 Å². The zero-order valence-corrected chi connectivity index (χ0v) is 13.6. The first-order valence-electron chi connectivity index (χ1n) is 7.08. The normalized spacial score (nSPS) is 12.6. The minimum atomic E-state index is -0.775. The highest BCUT2D eigenvalue weighted by molar-refractivity contribution is 5.80. The van der Waals surface area contributed by atoms with Crippen LogP contribution in [0, 0.1) is 0 Å². The molecule has 1 atom stereocenters. The minimum Gasteiger partial charge on any atom is -0.462 e. The summed E-state index contributed by atoms with van der Waals surface area (Å²) in [7, 11) is 0. The van der Waals surface area contributed by atoms with Gasteiger partial charge in [-0.15, -0.1) is 0 Å². The number of carbonyl (C=O) groups is 2. The smallest absolute Gasteiger partial charge is 0.408 e. The second kappa shape index (κ2) is 10.4. The average Bonchev–Trinajstić information content (AvgIpc) is 2.34. The van der Waals surface area contributed by atoms with Crippen LogP contribution in [0.1, 0.15) is 34.6 Å². The molecule has 1 N–H and O–H groups in total. The van der Waals surface area contributed by atoms with E-state index in [0.29, 0.717) is 19.8 Å². The van der Waals surface area contributed by atoms with Crippen LogP contribution in [0.2, 0.25) is 0 Å². The summed E-state index contributed by atoms with van der Waals surface area (Å²) in [5.74, 6) is -0.533. The van der Waals surface area contributed by atoms with E-state index in [0.717, 1.165) is 0 Å². The van der Waals surface area contributed by atoms with Crippen molar-refractivity contribution >= 4 is 12.1 Å². The van der Waals surface area contributed by atoms with E-state index in [2.05, 4.69) is 5.32 Å². The Morgan fingerprint density at radius 1 is 1.05 bits per heavy atom. The molecule has 0 aromatic rings.